The molecule has 2 aromatic heterocycles. The Morgan fingerprint density at radius 1 is 1.19 bits per heavy atom. The molecule has 0 radical (unpaired) electrons. The van der Waals surface area contributed by atoms with Gasteiger partial charge in [0.05, 0.1) is 11.1 Å². The van der Waals surface area contributed by atoms with Crippen LogP contribution in [-0.4, -0.2) is 77.2 Å². The van der Waals surface area contributed by atoms with Crippen LogP contribution >= 0.6 is 23.1 Å². The van der Waals surface area contributed by atoms with Gasteiger partial charge < -0.3 is 20.1 Å². The maximum absolute atomic E-state index is 12.6. The van der Waals surface area contributed by atoms with Crippen LogP contribution in [0.5, 0.6) is 0 Å². The van der Waals surface area contributed by atoms with Crippen LogP contribution in [0.2, 0.25) is 0 Å². The Morgan fingerprint density at radius 2 is 1.97 bits per heavy atom. The van der Waals surface area contributed by atoms with E-state index in [1.54, 1.807) is 23.1 Å². The van der Waals surface area contributed by atoms with Gasteiger partial charge in [0.15, 0.2) is 0 Å². The van der Waals surface area contributed by atoms with E-state index in [1.807, 2.05) is 0 Å². The number of carbonyl (C=O) groups excluding carboxylic acids is 1. The Kier molecular flexibility index (Phi) is 8.62. The second-order valence-corrected chi connectivity index (χ2v) is 10.9. The number of nitrogens with one attached hydrogen (secondary N) is 2. The Morgan fingerprint density at radius 3 is 2.78 bits per heavy atom. The molecule has 9 heteroatoms. The molecule has 2 N–H and O–H groups in total. The first-order chi connectivity index (χ1) is 15.6. The Labute approximate surface area is 198 Å². The molecule has 7 nitrogen and oxygen atoms in total. The number of aromatic nitrogens is 2. The van der Waals surface area contributed by atoms with E-state index in [-0.39, 0.29) is 11.5 Å². The van der Waals surface area contributed by atoms with E-state index < -0.39 is 0 Å². The van der Waals surface area contributed by atoms with Gasteiger partial charge >= 0.3 is 0 Å². The minimum absolute atomic E-state index is 0.00106. The average molecular weight is 478 g/mol. The first kappa shape index (κ1) is 23.7. The molecule has 176 valence electrons. The number of carbonyl (C=O) groups is 1. The number of hydrogen-bond donors (Lipinski definition) is 2. The number of hydrogen-bond acceptors (Lipinski definition) is 7. The molecule has 1 aliphatic carbocycles. The molecule has 0 saturated carbocycles. The van der Waals surface area contributed by atoms with Crippen molar-refractivity contribution in [2.24, 2.45) is 0 Å². The Hall–Kier alpha value is -1.42. The van der Waals surface area contributed by atoms with Gasteiger partial charge in [-0.25, -0.2) is 4.98 Å². The summed E-state index contributed by atoms with van der Waals surface area (Å²) in [5.41, 5.74) is 1.22. The molecule has 0 spiro atoms. The molecule has 1 saturated heterocycles. The van der Waals surface area contributed by atoms with Crippen molar-refractivity contribution in [2.45, 2.75) is 51.2 Å². The van der Waals surface area contributed by atoms with E-state index >= 15 is 0 Å². The normalized spacial score (nSPS) is 17.5. The van der Waals surface area contributed by atoms with Gasteiger partial charge in [0.25, 0.3) is 5.56 Å². The van der Waals surface area contributed by atoms with Gasteiger partial charge in [-0.3, -0.25) is 9.59 Å². The first-order valence-corrected chi connectivity index (χ1v) is 13.9. The number of thioether (sulfide) groups is 1. The maximum Gasteiger partial charge on any atom is 0.259 e. The highest BCUT2D eigenvalue weighted by molar-refractivity contribution is 7.98. The summed E-state index contributed by atoms with van der Waals surface area (Å²) in [5.74, 6) is 2.18. The lowest BCUT2D eigenvalue weighted by Crippen LogP contribution is -2.46. The SMILES string of the molecule is CCN1CCN(CCCNC(=O)CCSCc2nc3sc4c(c3c(=O)[nH]2)CCCC4)CC1. The van der Waals surface area contributed by atoms with Gasteiger partial charge in [-0.15, -0.1) is 11.3 Å². The summed E-state index contributed by atoms with van der Waals surface area (Å²) in [6, 6.07) is 0. The zero-order valence-electron chi connectivity index (χ0n) is 19.1. The summed E-state index contributed by atoms with van der Waals surface area (Å²) in [5, 5.41) is 3.85. The van der Waals surface area contributed by atoms with E-state index in [9.17, 15) is 9.59 Å². The highest BCUT2D eigenvalue weighted by Gasteiger charge is 2.20. The van der Waals surface area contributed by atoms with E-state index in [0.717, 1.165) is 93.3 Å². The number of likely N-dealkylation sites (N-methyl/N-ethyl adjacent to an activating group) is 1. The van der Waals surface area contributed by atoms with Crippen LogP contribution < -0.4 is 10.9 Å². The van der Waals surface area contributed by atoms with Gasteiger partial charge in [0, 0.05) is 49.8 Å². The van der Waals surface area contributed by atoms with Crippen LogP contribution in [0.4, 0.5) is 0 Å². The van der Waals surface area contributed by atoms with Crippen molar-refractivity contribution in [1.82, 2.24) is 25.1 Å². The van der Waals surface area contributed by atoms with Crippen molar-refractivity contribution in [3.8, 4) is 0 Å². The topological polar surface area (TPSA) is 81.3 Å². The molecular formula is C23H35N5O2S2. The second kappa shape index (κ2) is 11.6. The number of aryl methyl sites for hydroxylation is 2. The average Bonchev–Trinajstić information content (AvgIpc) is 3.19. The standard InChI is InChI=1S/C23H35N5O2S2/c1-2-27-11-13-28(14-12-27)10-5-9-24-20(29)8-15-31-16-19-25-22(30)21-17-6-3-4-7-18(17)32-23(21)26-19/h2-16H2,1H3,(H,24,29)(H,25,26,30). The van der Waals surface area contributed by atoms with Crippen molar-refractivity contribution in [2.75, 3.05) is 51.6 Å². The third-order valence-electron chi connectivity index (χ3n) is 6.47. The van der Waals surface area contributed by atoms with Gasteiger partial charge in [0.2, 0.25) is 5.91 Å². The lowest BCUT2D eigenvalue weighted by atomic mass is 9.97. The summed E-state index contributed by atoms with van der Waals surface area (Å²) >= 11 is 3.33. The summed E-state index contributed by atoms with van der Waals surface area (Å²) in [4.78, 5) is 39.6. The molecule has 0 unspecified atom stereocenters. The largest absolute Gasteiger partial charge is 0.356 e. The van der Waals surface area contributed by atoms with E-state index in [0.29, 0.717) is 12.2 Å². The van der Waals surface area contributed by atoms with Crippen LogP contribution in [0.15, 0.2) is 4.79 Å². The number of fused-ring (bicyclic) bond motifs is 3. The lowest BCUT2D eigenvalue weighted by Gasteiger charge is -2.33. The molecular weight excluding hydrogens is 442 g/mol. The number of nitrogens with zero attached hydrogens (tertiary/aromatic N) is 3. The fourth-order valence-corrected chi connectivity index (χ4v) is 6.64. The first-order valence-electron chi connectivity index (χ1n) is 12.0. The summed E-state index contributed by atoms with van der Waals surface area (Å²) < 4.78 is 0. The lowest BCUT2D eigenvalue weighted by molar-refractivity contribution is -0.120. The highest BCUT2D eigenvalue weighted by atomic mass is 32.2. The van der Waals surface area contributed by atoms with Crippen LogP contribution in [0.3, 0.4) is 0 Å². The fourth-order valence-electron chi connectivity index (χ4n) is 4.56. The molecule has 1 fully saturated rings. The smallest absolute Gasteiger partial charge is 0.259 e. The van der Waals surface area contributed by atoms with Crippen LogP contribution in [0.25, 0.3) is 10.2 Å². The molecule has 1 amide bonds. The Bertz CT molecular complexity index is 965. The third-order valence-corrected chi connectivity index (χ3v) is 8.63. The predicted molar refractivity (Wildman–Crippen MR) is 134 cm³/mol. The molecule has 2 aliphatic rings. The maximum atomic E-state index is 12.6. The molecule has 32 heavy (non-hydrogen) atoms. The molecule has 4 rings (SSSR count). The summed E-state index contributed by atoms with van der Waals surface area (Å²) in [7, 11) is 0. The zero-order valence-corrected chi connectivity index (χ0v) is 20.7. The van der Waals surface area contributed by atoms with Crippen molar-refractivity contribution in [3.63, 3.8) is 0 Å². The quantitative estimate of drug-likeness (QED) is 0.512. The number of amides is 1. The van der Waals surface area contributed by atoms with Crippen molar-refractivity contribution in [1.29, 1.82) is 0 Å². The number of rotatable bonds is 10. The van der Waals surface area contributed by atoms with Crippen LogP contribution in [-0.2, 0) is 23.4 Å². The third kappa shape index (κ3) is 6.12. The second-order valence-electron chi connectivity index (χ2n) is 8.69. The molecule has 0 bridgehead atoms. The molecule has 0 atom stereocenters. The van der Waals surface area contributed by atoms with Gasteiger partial charge in [-0.2, -0.15) is 11.8 Å². The van der Waals surface area contributed by atoms with Crippen LogP contribution in [0.1, 0.15) is 48.9 Å². The molecule has 2 aromatic rings. The number of aromatic amines is 1. The van der Waals surface area contributed by atoms with Gasteiger partial charge in [-0.05, 0) is 50.8 Å². The van der Waals surface area contributed by atoms with Crippen LogP contribution in [0, 0.1) is 0 Å². The van der Waals surface area contributed by atoms with Gasteiger partial charge in [-0.1, -0.05) is 6.92 Å². The van der Waals surface area contributed by atoms with E-state index in [2.05, 4.69) is 27.0 Å². The summed E-state index contributed by atoms with van der Waals surface area (Å²) in [6.07, 6.45) is 5.94. The van der Waals surface area contributed by atoms with Crippen molar-refractivity contribution < 1.29 is 4.79 Å². The minimum atomic E-state index is -0.00106. The zero-order chi connectivity index (χ0) is 22.3. The molecule has 1 aliphatic heterocycles. The van der Waals surface area contributed by atoms with E-state index in [1.165, 1.54) is 16.9 Å². The number of piperazine rings is 1. The summed E-state index contributed by atoms with van der Waals surface area (Å²) in [6.45, 7) is 9.73. The van der Waals surface area contributed by atoms with Crippen molar-refractivity contribution >= 4 is 39.2 Å². The predicted octanol–water partition coefficient (Wildman–Crippen LogP) is 2.63. The molecule has 0 aromatic carbocycles. The minimum Gasteiger partial charge on any atom is -0.356 e. The number of H-pyrrole nitrogens is 1. The number of thiophene rings is 1. The monoisotopic (exact) mass is 477 g/mol. The van der Waals surface area contributed by atoms with Gasteiger partial charge in [0.1, 0.15) is 10.7 Å². The van der Waals surface area contributed by atoms with E-state index in [4.69, 9.17) is 4.98 Å². The Balaban J connectivity index is 1.13. The molecule has 3 heterocycles. The fraction of sp³-hybridized carbons (Fsp3) is 0.696. The van der Waals surface area contributed by atoms with Crippen molar-refractivity contribution in [3.05, 3.63) is 26.6 Å². The highest BCUT2D eigenvalue weighted by Crippen LogP contribution is 2.33.